The summed E-state index contributed by atoms with van der Waals surface area (Å²) >= 11 is 0. The lowest BCUT2D eigenvalue weighted by molar-refractivity contribution is -0.128. The Labute approximate surface area is 318 Å². The van der Waals surface area contributed by atoms with E-state index in [0.29, 0.717) is 60.7 Å². The van der Waals surface area contributed by atoms with Gasteiger partial charge in [-0.3, -0.25) is 14.5 Å². The van der Waals surface area contributed by atoms with E-state index in [4.69, 9.17) is 28.4 Å². The van der Waals surface area contributed by atoms with E-state index in [1.54, 1.807) is 52.5 Å². The van der Waals surface area contributed by atoms with E-state index in [0.717, 1.165) is 34.4 Å². The Kier molecular flexibility index (Phi) is 13.8. The van der Waals surface area contributed by atoms with Gasteiger partial charge in [0.2, 0.25) is 11.8 Å². The van der Waals surface area contributed by atoms with Crippen molar-refractivity contribution in [1.29, 1.82) is 0 Å². The number of methoxy groups -OCH3 is 6. The fraction of sp³-hybridized carbons (Fsp3) is 0.349. The van der Waals surface area contributed by atoms with Gasteiger partial charge >= 0.3 is 0 Å². The molecular formula is C43H51N3O8. The van der Waals surface area contributed by atoms with Crippen LogP contribution in [0.15, 0.2) is 79.2 Å². The van der Waals surface area contributed by atoms with Crippen LogP contribution in [0.4, 0.5) is 0 Å². The highest BCUT2D eigenvalue weighted by molar-refractivity contribution is 5.85. The third kappa shape index (κ3) is 9.64. The molecule has 5 rings (SSSR count). The molecule has 0 aliphatic carbocycles. The minimum atomic E-state index is 0.00205. The maximum absolute atomic E-state index is 13.2. The van der Waals surface area contributed by atoms with E-state index >= 15 is 0 Å². The summed E-state index contributed by atoms with van der Waals surface area (Å²) in [5, 5.41) is 0. The van der Waals surface area contributed by atoms with Crippen molar-refractivity contribution in [2.75, 3.05) is 75.4 Å². The Bertz CT molecular complexity index is 1810. The predicted octanol–water partition coefficient (Wildman–Crippen LogP) is 6.37. The van der Waals surface area contributed by atoms with E-state index < -0.39 is 0 Å². The number of carbonyl (C=O) groups is 2. The molecule has 0 fully saturated rings. The first-order chi connectivity index (χ1) is 26.2. The molecule has 11 heteroatoms. The Morgan fingerprint density at radius 1 is 0.593 bits per heavy atom. The first kappa shape index (κ1) is 39.5. The zero-order chi connectivity index (χ0) is 38.6. The summed E-state index contributed by atoms with van der Waals surface area (Å²) in [4.78, 5) is 32.2. The maximum Gasteiger partial charge on any atom is 0.231 e. The lowest BCUT2D eigenvalue weighted by Crippen LogP contribution is -2.30. The number of fused-ring (bicyclic) bond motifs is 2. The molecule has 2 heterocycles. The van der Waals surface area contributed by atoms with Crippen molar-refractivity contribution in [1.82, 2.24) is 14.7 Å². The van der Waals surface area contributed by atoms with Crippen LogP contribution in [0.1, 0.15) is 40.7 Å². The zero-order valence-electron chi connectivity index (χ0n) is 32.3. The highest BCUT2D eigenvalue weighted by Crippen LogP contribution is 2.34. The molecule has 0 bridgehead atoms. The number of nitrogens with zero attached hydrogens (tertiary/aromatic N) is 3. The van der Waals surface area contributed by atoms with E-state index in [2.05, 4.69) is 30.0 Å². The highest BCUT2D eigenvalue weighted by Gasteiger charge is 2.21. The van der Waals surface area contributed by atoms with Crippen LogP contribution in [-0.2, 0) is 22.4 Å². The third-order valence-electron chi connectivity index (χ3n) is 9.66. The second-order valence-corrected chi connectivity index (χ2v) is 13.1. The molecule has 1 atom stereocenters. The molecule has 0 radical (unpaired) electrons. The predicted molar refractivity (Wildman–Crippen MR) is 211 cm³/mol. The Morgan fingerprint density at radius 3 is 1.46 bits per heavy atom. The van der Waals surface area contributed by atoms with Gasteiger partial charge in [-0.25, -0.2) is 0 Å². The normalized spacial score (nSPS) is 14.6. The molecule has 0 saturated carbocycles. The SMILES string of the molecule is COc1ccc([C@@H](C)CN(C/C=C\CN2C=Cc3cc(OC)c(OC)cc3CC2=O)C/C=C/CN2C=Cc3cc(OC)c(OC)cc3CC2=O)cc1OC. The molecule has 3 aromatic rings. The van der Waals surface area contributed by atoms with Gasteiger partial charge in [-0.1, -0.05) is 37.3 Å². The van der Waals surface area contributed by atoms with Gasteiger partial charge in [0.15, 0.2) is 34.5 Å². The van der Waals surface area contributed by atoms with Crippen molar-refractivity contribution in [2.24, 2.45) is 0 Å². The Morgan fingerprint density at radius 2 is 1.02 bits per heavy atom. The molecule has 0 unspecified atom stereocenters. The lowest BCUT2D eigenvalue weighted by atomic mass is 10.00. The van der Waals surface area contributed by atoms with Crippen LogP contribution < -0.4 is 28.4 Å². The van der Waals surface area contributed by atoms with Crippen LogP contribution in [0.2, 0.25) is 0 Å². The molecule has 0 saturated heterocycles. The fourth-order valence-electron chi connectivity index (χ4n) is 6.55. The monoisotopic (exact) mass is 737 g/mol. The van der Waals surface area contributed by atoms with Crippen LogP contribution in [-0.4, -0.2) is 102 Å². The van der Waals surface area contributed by atoms with E-state index in [1.165, 1.54) is 0 Å². The van der Waals surface area contributed by atoms with Crippen LogP contribution >= 0.6 is 0 Å². The zero-order valence-corrected chi connectivity index (χ0v) is 32.3. The summed E-state index contributed by atoms with van der Waals surface area (Å²) in [6.45, 7) is 5.14. The number of amides is 2. The van der Waals surface area contributed by atoms with Crippen molar-refractivity contribution in [2.45, 2.75) is 25.7 Å². The van der Waals surface area contributed by atoms with Gasteiger partial charge in [-0.2, -0.15) is 0 Å². The van der Waals surface area contributed by atoms with Crippen molar-refractivity contribution in [3.8, 4) is 34.5 Å². The van der Waals surface area contributed by atoms with Crippen LogP contribution in [0.5, 0.6) is 34.5 Å². The van der Waals surface area contributed by atoms with Crippen LogP contribution in [0.25, 0.3) is 12.2 Å². The largest absolute Gasteiger partial charge is 0.493 e. The number of rotatable bonds is 17. The Balaban J connectivity index is 1.25. The van der Waals surface area contributed by atoms with Crippen molar-refractivity contribution >= 4 is 24.0 Å². The summed E-state index contributed by atoms with van der Waals surface area (Å²) in [6, 6.07) is 13.6. The van der Waals surface area contributed by atoms with E-state index in [-0.39, 0.29) is 30.6 Å². The second kappa shape index (κ2) is 18.9. The summed E-state index contributed by atoms with van der Waals surface area (Å²) in [6.07, 6.45) is 16.3. The molecule has 2 aliphatic rings. The van der Waals surface area contributed by atoms with Gasteiger partial charge in [-0.15, -0.1) is 0 Å². The van der Waals surface area contributed by atoms with Crippen molar-refractivity contribution in [3.63, 3.8) is 0 Å². The molecule has 0 aromatic heterocycles. The Hall–Kier alpha value is -5.68. The van der Waals surface area contributed by atoms with E-state index in [9.17, 15) is 9.59 Å². The standard InChI is InChI=1S/C43H51N3O8/c1-30(31-12-13-36(49-2)37(22-31)50-3)29-44(16-8-10-18-45-20-14-32-23-38(51-4)40(53-6)25-34(32)27-42(45)47)17-9-11-19-46-21-15-33-24-39(52-5)41(54-7)26-35(33)28-43(46)48/h8-15,20-26,30H,16-19,27-29H2,1-7H3/b10-8-,11-9+/t30-/m0/s1. The molecule has 11 nitrogen and oxygen atoms in total. The highest BCUT2D eigenvalue weighted by atomic mass is 16.5. The van der Waals surface area contributed by atoms with Gasteiger partial charge < -0.3 is 38.2 Å². The van der Waals surface area contributed by atoms with E-state index in [1.807, 2.05) is 73.1 Å². The molecule has 0 N–H and O–H groups in total. The molecule has 2 amide bonds. The molecular weight excluding hydrogens is 686 g/mol. The first-order valence-electron chi connectivity index (χ1n) is 17.9. The minimum absolute atomic E-state index is 0.00205. The number of carbonyl (C=O) groups excluding carboxylic acids is 2. The molecule has 3 aromatic carbocycles. The van der Waals surface area contributed by atoms with Gasteiger partial charge in [-0.05, 0) is 82.3 Å². The van der Waals surface area contributed by atoms with Gasteiger partial charge in [0.05, 0.1) is 55.5 Å². The fourth-order valence-corrected chi connectivity index (χ4v) is 6.55. The molecule has 286 valence electrons. The topological polar surface area (TPSA) is 99.2 Å². The first-order valence-corrected chi connectivity index (χ1v) is 17.9. The lowest BCUT2D eigenvalue weighted by Gasteiger charge is -2.24. The van der Waals surface area contributed by atoms with Gasteiger partial charge in [0.1, 0.15) is 0 Å². The second-order valence-electron chi connectivity index (χ2n) is 13.1. The number of hydrogen-bond donors (Lipinski definition) is 0. The minimum Gasteiger partial charge on any atom is -0.493 e. The molecule has 54 heavy (non-hydrogen) atoms. The number of benzene rings is 3. The third-order valence-corrected chi connectivity index (χ3v) is 9.66. The van der Waals surface area contributed by atoms with Gasteiger partial charge in [0, 0.05) is 45.1 Å². The average Bonchev–Trinajstić information content (AvgIpc) is 3.44. The molecule has 2 aliphatic heterocycles. The number of ether oxygens (including phenoxy) is 6. The smallest absolute Gasteiger partial charge is 0.231 e. The van der Waals surface area contributed by atoms with Crippen LogP contribution in [0.3, 0.4) is 0 Å². The summed E-state index contributed by atoms with van der Waals surface area (Å²) < 4.78 is 32.8. The van der Waals surface area contributed by atoms with Crippen molar-refractivity contribution in [3.05, 3.63) is 107 Å². The van der Waals surface area contributed by atoms with Crippen molar-refractivity contribution < 1.29 is 38.0 Å². The summed E-state index contributed by atoms with van der Waals surface area (Å²) in [7, 11) is 9.65. The van der Waals surface area contributed by atoms with Gasteiger partial charge in [0.25, 0.3) is 0 Å². The number of hydrogen-bond acceptors (Lipinski definition) is 9. The summed E-state index contributed by atoms with van der Waals surface area (Å²) in [5.74, 6) is 4.01. The average molecular weight is 738 g/mol. The molecule has 0 spiro atoms. The summed E-state index contributed by atoms with van der Waals surface area (Å²) in [5.41, 5.74) is 4.77. The van der Waals surface area contributed by atoms with Crippen LogP contribution in [0, 0.1) is 0 Å². The maximum atomic E-state index is 13.2. The quantitative estimate of drug-likeness (QED) is 0.147.